The van der Waals surface area contributed by atoms with Gasteiger partial charge >= 0.3 is 19.5 Å². The predicted molar refractivity (Wildman–Crippen MR) is 41.5 cm³/mol. The Morgan fingerprint density at radius 2 is 1.20 bits per heavy atom. The third kappa shape index (κ3) is 148. The van der Waals surface area contributed by atoms with Crippen LogP contribution in [0.1, 0.15) is 13.8 Å². The molecular weight excluding hydrogens is 261 g/mol. The molecule has 0 aromatic heterocycles. The molecule has 0 aliphatic carbocycles. The van der Waals surface area contributed by atoms with Gasteiger partial charge in [0.2, 0.25) is 0 Å². The molecule has 0 saturated heterocycles. The first-order valence-corrected chi connectivity index (χ1v) is 3.52. The first kappa shape index (κ1) is 23.9. The van der Waals surface area contributed by atoms with E-state index in [0.29, 0.717) is 0 Å². The molecule has 0 aliphatic heterocycles. The van der Waals surface area contributed by atoms with E-state index in [1.54, 1.807) is 0 Å². The second-order valence-electron chi connectivity index (χ2n) is 2.00. The van der Waals surface area contributed by atoms with Crippen molar-refractivity contribution in [3.05, 3.63) is 0 Å². The van der Waals surface area contributed by atoms with Crippen molar-refractivity contribution in [1.82, 2.24) is 0 Å². The van der Waals surface area contributed by atoms with Gasteiger partial charge in [-0.25, -0.2) is 0 Å². The maximum atomic E-state index is 8.89. The first-order chi connectivity index (χ1) is 6.27. The fourth-order valence-corrected chi connectivity index (χ4v) is 0.0577. The van der Waals surface area contributed by atoms with Gasteiger partial charge in [-0.05, 0) is 13.8 Å². The molecule has 86 valence electrons. The van der Waals surface area contributed by atoms with Crippen LogP contribution in [0.4, 0.5) is 0 Å². The van der Waals surface area contributed by atoms with Crippen LogP contribution in [0.2, 0.25) is 0 Å². The number of aliphatic hydroxyl groups is 3. The Labute approximate surface area is 100 Å². The van der Waals surface area contributed by atoms with Gasteiger partial charge < -0.3 is 35.1 Å². The molecule has 0 rings (SSSR count). The summed E-state index contributed by atoms with van der Waals surface area (Å²) >= 11 is 0. The first-order valence-electron chi connectivity index (χ1n) is 3.52. The third-order valence-corrected chi connectivity index (χ3v) is 0.421. The molecule has 0 spiro atoms. The Morgan fingerprint density at radius 3 is 1.20 bits per heavy atom. The summed E-state index contributed by atoms with van der Waals surface area (Å²) in [6.45, 7) is 1.22. The molecule has 0 unspecified atom stereocenters. The van der Waals surface area contributed by atoms with Crippen molar-refractivity contribution < 1.29 is 54.6 Å². The number of hydrogen-bond donors (Lipinski definition) is 3. The van der Waals surface area contributed by atoms with Gasteiger partial charge in [0.1, 0.15) is 6.10 Å². The average molecular weight is 276 g/mol. The van der Waals surface area contributed by atoms with E-state index >= 15 is 0 Å². The van der Waals surface area contributed by atoms with E-state index in [1.807, 2.05) is 0 Å². The van der Waals surface area contributed by atoms with Crippen LogP contribution in [-0.2, 0) is 29.1 Å². The maximum Gasteiger partial charge on any atom is 2.00 e. The molecule has 0 amide bonds. The molecule has 0 aromatic carbocycles. The van der Waals surface area contributed by atoms with E-state index in [4.69, 9.17) is 35.1 Å². The number of aliphatic carboxylic acids is 2. The number of aliphatic hydroxyl groups excluding tert-OH is 3. The zero-order chi connectivity index (χ0) is 12.1. The summed E-state index contributed by atoms with van der Waals surface area (Å²) in [5, 5.41) is 41.8. The number of carboxylic acid groups (broad SMARTS) is 2. The van der Waals surface area contributed by atoms with Gasteiger partial charge in [0.15, 0.2) is 0 Å². The van der Waals surface area contributed by atoms with E-state index in [0.717, 1.165) is 13.8 Å². The summed E-state index contributed by atoms with van der Waals surface area (Å²) in [5.41, 5.74) is 0. The second kappa shape index (κ2) is 19.1. The number of carbonyl (C=O) groups excluding carboxylic acids is 2. The molecule has 15 heavy (non-hydrogen) atoms. The Morgan fingerprint density at radius 1 is 1.07 bits per heavy atom. The number of carbonyl (C=O) groups is 2. The minimum absolute atomic E-state index is 0. The van der Waals surface area contributed by atoms with Crippen LogP contribution < -0.4 is 10.2 Å². The molecule has 0 aliphatic rings. The van der Waals surface area contributed by atoms with Crippen molar-refractivity contribution in [2.75, 3.05) is 13.2 Å². The van der Waals surface area contributed by atoms with Gasteiger partial charge in [-0.3, -0.25) is 0 Å². The van der Waals surface area contributed by atoms with Crippen molar-refractivity contribution in [2.24, 2.45) is 0 Å². The van der Waals surface area contributed by atoms with Gasteiger partial charge in [0, 0.05) is 11.9 Å². The summed E-state index contributed by atoms with van der Waals surface area (Å²) in [5.74, 6) is -2.17. The SMILES string of the molecule is CC(=O)[O-].CC(=O)[O-].OCC(O)CO.[Zn+2]. The minimum Gasteiger partial charge on any atom is -0.550 e. The molecule has 0 aromatic rings. The Balaban J connectivity index is -0.0000000606. The van der Waals surface area contributed by atoms with E-state index in [-0.39, 0.29) is 32.7 Å². The van der Waals surface area contributed by atoms with Crippen molar-refractivity contribution in [3.63, 3.8) is 0 Å². The van der Waals surface area contributed by atoms with Crippen LogP contribution in [0.25, 0.3) is 0 Å². The van der Waals surface area contributed by atoms with Gasteiger partial charge in [-0.1, -0.05) is 0 Å². The van der Waals surface area contributed by atoms with Crippen molar-refractivity contribution in [1.29, 1.82) is 0 Å². The van der Waals surface area contributed by atoms with Crippen molar-refractivity contribution >= 4 is 11.9 Å². The van der Waals surface area contributed by atoms with Crippen LogP contribution in [-0.4, -0.2) is 46.6 Å². The number of carboxylic acids is 2. The molecule has 3 N–H and O–H groups in total. The summed E-state index contributed by atoms with van der Waals surface area (Å²) in [6, 6.07) is 0. The van der Waals surface area contributed by atoms with Gasteiger partial charge in [-0.2, -0.15) is 0 Å². The standard InChI is InChI=1S/C3H8O3.2C2H4O2.Zn/c4-1-3(6)2-5;2*1-2(3)4;/h3-6H,1-2H2;2*1H3,(H,3,4);/q;;;+2/p-2. The second-order valence-corrected chi connectivity index (χ2v) is 2.00. The van der Waals surface area contributed by atoms with Crippen LogP contribution in [0.3, 0.4) is 0 Å². The monoisotopic (exact) mass is 274 g/mol. The molecule has 0 heterocycles. The molecule has 0 atom stereocenters. The molecule has 0 fully saturated rings. The molecule has 8 heteroatoms. The largest absolute Gasteiger partial charge is 2.00 e. The smallest absolute Gasteiger partial charge is 0.550 e. The van der Waals surface area contributed by atoms with Crippen molar-refractivity contribution in [3.8, 4) is 0 Å². The van der Waals surface area contributed by atoms with E-state index in [9.17, 15) is 0 Å². The van der Waals surface area contributed by atoms with Gasteiger partial charge in [0.25, 0.3) is 0 Å². The summed E-state index contributed by atoms with van der Waals surface area (Å²) in [7, 11) is 0. The van der Waals surface area contributed by atoms with Crippen LogP contribution in [0.15, 0.2) is 0 Å². The molecular formula is C7H14O7Zn. The Hall–Kier alpha value is -0.557. The summed E-state index contributed by atoms with van der Waals surface area (Å²) < 4.78 is 0. The van der Waals surface area contributed by atoms with Crippen LogP contribution >= 0.6 is 0 Å². The van der Waals surface area contributed by atoms with Crippen molar-refractivity contribution in [2.45, 2.75) is 20.0 Å². The zero-order valence-corrected chi connectivity index (χ0v) is 11.6. The summed E-state index contributed by atoms with van der Waals surface area (Å²) in [4.78, 5) is 17.8. The van der Waals surface area contributed by atoms with E-state index in [1.165, 1.54) is 0 Å². The predicted octanol–water partition coefficient (Wildman–Crippen LogP) is -4.16. The van der Waals surface area contributed by atoms with Gasteiger partial charge in [-0.15, -0.1) is 0 Å². The summed E-state index contributed by atoms with van der Waals surface area (Å²) in [6.07, 6.45) is -0.954. The third-order valence-electron chi connectivity index (χ3n) is 0.421. The zero-order valence-electron chi connectivity index (χ0n) is 8.67. The Kier molecular flexibility index (Phi) is 30.5. The minimum atomic E-state index is -1.08. The number of rotatable bonds is 2. The van der Waals surface area contributed by atoms with Crippen LogP contribution in [0.5, 0.6) is 0 Å². The quantitative estimate of drug-likeness (QED) is 0.434. The normalized spacial score (nSPS) is 7.33. The molecule has 0 radical (unpaired) electrons. The molecule has 7 nitrogen and oxygen atoms in total. The molecule has 0 bridgehead atoms. The Bertz CT molecular complexity index is 126. The maximum absolute atomic E-state index is 8.89. The van der Waals surface area contributed by atoms with E-state index in [2.05, 4.69) is 0 Å². The average Bonchev–Trinajstić information content (AvgIpc) is 2.01. The molecule has 0 saturated carbocycles. The van der Waals surface area contributed by atoms with Gasteiger partial charge in [0.05, 0.1) is 13.2 Å². The fraction of sp³-hybridized carbons (Fsp3) is 0.714. The van der Waals surface area contributed by atoms with E-state index < -0.39 is 18.0 Å². The fourth-order valence-electron chi connectivity index (χ4n) is 0.0577. The topological polar surface area (TPSA) is 141 Å². The van der Waals surface area contributed by atoms with Crippen LogP contribution in [0, 0.1) is 0 Å². The number of hydrogen-bond acceptors (Lipinski definition) is 7.